The van der Waals surface area contributed by atoms with Crippen LogP contribution in [-0.4, -0.2) is 71.2 Å². The Hall–Kier alpha value is -3.10. The van der Waals surface area contributed by atoms with E-state index in [1.165, 1.54) is 18.1 Å². The smallest absolute Gasteiger partial charge is 0.308 e. The Morgan fingerprint density at radius 3 is 2.87 bits per heavy atom. The Bertz CT molecular complexity index is 1300. The molecule has 2 aromatic rings. The second-order valence-corrected chi connectivity index (χ2v) is 11.8. The van der Waals surface area contributed by atoms with Gasteiger partial charge in [-0.1, -0.05) is 6.07 Å². The van der Waals surface area contributed by atoms with E-state index in [1.54, 1.807) is 24.7 Å². The molecule has 7 atom stereocenters. The maximum Gasteiger partial charge on any atom is 0.308 e. The summed E-state index contributed by atoms with van der Waals surface area (Å²) < 4.78 is 17.6. The van der Waals surface area contributed by atoms with Gasteiger partial charge in [-0.2, -0.15) is 0 Å². The number of likely N-dealkylation sites (N-methyl/N-ethyl adjacent to an activating group) is 1. The van der Waals surface area contributed by atoms with Crippen molar-refractivity contribution in [1.82, 2.24) is 9.80 Å². The highest BCUT2D eigenvalue weighted by atomic mass is 16.6. The highest BCUT2D eigenvalue weighted by molar-refractivity contribution is 5.92. The van der Waals surface area contributed by atoms with Crippen molar-refractivity contribution < 1.29 is 28.6 Å². The van der Waals surface area contributed by atoms with Gasteiger partial charge >= 0.3 is 5.97 Å². The molecule has 2 aliphatic heterocycles. The van der Waals surface area contributed by atoms with Crippen molar-refractivity contribution >= 4 is 18.0 Å². The second kappa shape index (κ2) is 8.71. The van der Waals surface area contributed by atoms with E-state index in [-0.39, 0.29) is 35.5 Å². The van der Waals surface area contributed by atoms with Gasteiger partial charge in [-0.05, 0) is 68.3 Å². The fraction of sp³-hybridized carbons (Fsp3) is 0.533. The Morgan fingerprint density at radius 1 is 1.29 bits per heavy atom. The summed E-state index contributed by atoms with van der Waals surface area (Å²) in [5.74, 6) is 1.50. The van der Waals surface area contributed by atoms with Gasteiger partial charge in [0.15, 0.2) is 11.5 Å². The van der Waals surface area contributed by atoms with Crippen LogP contribution in [-0.2, 0) is 21.4 Å². The molecule has 3 heterocycles. The highest BCUT2D eigenvalue weighted by Gasteiger charge is 2.66. The number of nitrogens with zero attached hydrogens (tertiary/aromatic N) is 2. The summed E-state index contributed by atoms with van der Waals surface area (Å²) in [5.41, 5.74) is 3.08. The molecule has 1 spiro atoms. The molecule has 3 fully saturated rings. The lowest BCUT2D eigenvalue weighted by atomic mass is 9.51. The Morgan fingerprint density at radius 2 is 2.13 bits per heavy atom. The van der Waals surface area contributed by atoms with Crippen LogP contribution in [0.4, 0.5) is 0 Å². The number of rotatable bonds is 6. The van der Waals surface area contributed by atoms with Gasteiger partial charge in [0.05, 0.1) is 24.7 Å². The van der Waals surface area contributed by atoms with E-state index in [9.17, 15) is 14.7 Å². The molecule has 8 heteroatoms. The van der Waals surface area contributed by atoms with E-state index in [1.807, 2.05) is 24.1 Å². The number of hydrogen-bond donors (Lipinski definition) is 1. The normalized spacial score (nSPS) is 34.5. The number of esters is 1. The van der Waals surface area contributed by atoms with Crippen LogP contribution < -0.4 is 9.47 Å². The summed E-state index contributed by atoms with van der Waals surface area (Å²) in [6.45, 7) is 3.29. The zero-order chi connectivity index (χ0) is 26.2. The van der Waals surface area contributed by atoms with Crippen LogP contribution in [0.15, 0.2) is 41.2 Å². The summed E-state index contributed by atoms with van der Waals surface area (Å²) in [7, 11) is 1.87. The molecular formula is C30H34N2O6. The molecule has 38 heavy (non-hydrogen) atoms. The monoisotopic (exact) mass is 518 g/mol. The number of aliphatic hydroxyl groups excluding tert-OH is 1. The minimum atomic E-state index is -0.367. The summed E-state index contributed by atoms with van der Waals surface area (Å²) in [6, 6.07) is 6.07. The van der Waals surface area contributed by atoms with Crippen LogP contribution in [0.2, 0.25) is 0 Å². The molecule has 1 N–H and O–H groups in total. The van der Waals surface area contributed by atoms with Gasteiger partial charge in [0, 0.05) is 55.1 Å². The number of amides is 1. The number of carbonyl (C=O) groups excluding carboxylic acids is 2. The molecule has 1 aromatic carbocycles. The van der Waals surface area contributed by atoms with Crippen molar-refractivity contribution in [3.63, 3.8) is 0 Å². The molecule has 8 nitrogen and oxygen atoms in total. The molecular weight excluding hydrogens is 484 g/mol. The maximum absolute atomic E-state index is 13.3. The van der Waals surface area contributed by atoms with Crippen molar-refractivity contribution in [3.8, 4) is 11.5 Å². The average molecular weight is 519 g/mol. The molecule has 1 saturated heterocycles. The second-order valence-electron chi connectivity index (χ2n) is 11.8. The largest absolute Gasteiger partial charge is 0.483 e. The molecule has 0 radical (unpaired) electrons. The van der Waals surface area contributed by atoms with Crippen molar-refractivity contribution in [1.29, 1.82) is 0 Å². The average Bonchev–Trinajstić information content (AvgIpc) is 3.26. The summed E-state index contributed by atoms with van der Waals surface area (Å²) in [6.07, 6.45) is 10.8. The first kappa shape index (κ1) is 24.0. The van der Waals surface area contributed by atoms with Gasteiger partial charge < -0.3 is 23.9 Å². The first-order chi connectivity index (χ1) is 18.4. The van der Waals surface area contributed by atoms with Gasteiger partial charge in [0.2, 0.25) is 5.91 Å². The Balaban J connectivity index is 1.26. The summed E-state index contributed by atoms with van der Waals surface area (Å²) >= 11 is 0. The fourth-order valence-corrected chi connectivity index (χ4v) is 7.99. The molecule has 3 aliphatic carbocycles. The number of benzene rings is 1. The quantitative estimate of drug-likeness (QED) is 0.357. The van der Waals surface area contributed by atoms with Crippen molar-refractivity contribution in [2.45, 2.75) is 68.7 Å². The topological polar surface area (TPSA) is 92.5 Å². The van der Waals surface area contributed by atoms with Crippen LogP contribution in [0.1, 0.15) is 49.3 Å². The first-order valence-electron chi connectivity index (χ1n) is 13.8. The Labute approximate surface area is 222 Å². The maximum atomic E-state index is 13.3. The van der Waals surface area contributed by atoms with Gasteiger partial charge in [-0.15, -0.1) is 0 Å². The number of hydrogen-bond acceptors (Lipinski definition) is 7. The number of ether oxygens (including phenoxy) is 2. The third-order valence-electron chi connectivity index (χ3n) is 9.80. The van der Waals surface area contributed by atoms with Gasteiger partial charge in [0.25, 0.3) is 0 Å². The molecule has 2 saturated carbocycles. The number of aliphatic hydroxyl groups is 1. The lowest BCUT2D eigenvalue weighted by molar-refractivity contribution is -0.135. The van der Waals surface area contributed by atoms with Crippen molar-refractivity contribution in [2.24, 2.45) is 11.8 Å². The Kier molecular flexibility index (Phi) is 5.50. The van der Waals surface area contributed by atoms with E-state index in [4.69, 9.17) is 13.9 Å². The van der Waals surface area contributed by atoms with E-state index in [0.29, 0.717) is 29.4 Å². The third kappa shape index (κ3) is 3.57. The van der Waals surface area contributed by atoms with Crippen LogP contribution in [0.25, 0.3) is 6.08 Å². The minimum Gasteiger partial charge on any atom is -0.483 e. The predicted octanol–water partition coefficient (Wildman–Crippen LogP) is 3.17. The van der Waals surface area contributed by atoms with E-state index < -0.39 is 0 Å². The summed E-state index contributed by atoms with van der Waals surface area (Å²) in [4.78, 5) is 29.7. The first-order valence-corrected chi connectivity index (χ1v) is 13.8. The number of furan rings is 1. The number of carbonyl (C=O) groups is 2. The van der Waals surface area contributed by atoms with Crippen LogP contribution in [0.5, 0.6) is 11.5 Å². The van der Waals surface area contributed by atoms with E-state index in [2.05, 4.69) is 11.0 Å². The van der Waals surface area contributed by atoms with Crippen molar-refractivity contribution in [3.05, 3.63) is 53.5 Å². The molecule has 1 amide bonds. The SMILES string of the molecule is CC(=O)Oc1ccc2c3c1O[C@H]1[C@H](N(C)C(=O)C=Cc4ccoc4)CC[C@H]4[C@@H](C2)N(CC2CC2O)CC[C@@]341. The lowest BCUT2D eigenvalue weighted by Crippen LogP contribution is -2.69. The number of likely N-dealkylation sites (tertiary alicyclic amines) is 1. The van der Waals surface area contributed by atoms with Crippen molar-refractivity contribution in [2.75, 3.05) is 20.1 Å². The molecule has 5 aliphatic rings. The van der Waals surface area contributed by atoms with E-state index in [0.717, 1.165) is 50.8 Å². The molecule has 2 unspecified atom stereocenters. The zero-order valence-corrected chi connectivity index (χ0v) is 21.8. The van der Waals surface area contributed by atoms with Crippen LogP contribution in [0.3, 0.4) is 0 Å². The van der Waals surface area contributed by atoms with Crippen LogP contribution >= 0.6 is 0 Å². The standard InChI is InChI=1S/C30H34N2O6/c1-17(33)37-25-7-4-19-13-23-21-5-6-22(31(2)26(35)8-3-18-9-12-36-16-18)29-30(21,27(19)28(25)38-29)10-11-32(23)15-20-14-24(20)34/h3-4,7-9,12,16,20-24,29,34H,5-6,10-11,13-15H2,1-2H3/t20?,21-,22+,23+,24?,29-,30-/m0/s1. The molecule has 2 bridgehead atoms. The van der Waals surface area contributed by atoms with Crippen LogP contribution in [0, 0.1) is 11.8 Å². The zero-order valence-electron chi connectivity index (χ0n) is 21.8. The predicted molar refractivity (Wildman–Crippen MR) is 139 cm³/mol. The minimum absolute atomic E-state index is 0.0708. The van der Waals surface area contributed by atoms with Gasteiger partial charge in [0.1, 0.15) is 6.10 Å². The summed E-state index contributed by atoms with van der Waals surface area (Å²) in [5, 5.41) is 10.0. The van der Waals surface area contributed by atoms with Gasteiger partial charge in [-0.3, -0.25) is 14.5 Å². The fourth-order valence-electron chi connectivity index (χ4n) is 7.99. The third-order valence-corrected chi connectivity index (χ3v) is 9.80. The highest BCUT2D eigenvalue weighted by Crippen LogP contribution is 2.64. The number of piperidine rings is 1. The molecule has 7 rings (SSSR count). The van der Waals surface area contributed by atoms with Gasteiger partial charge in [-0.25, -0.2) is 0 Å². The lowest BCUT2D eigenvalue weighted by Gasteiger charge is -2.60. The van der Waals surface area contributed by atoms with E-state index >= 15 is 0 Å². The molecule has 1 aromatic heterocycles. The molecule has 200 valence electrons.